The number of carbonyl (C=O) groups excluding carboxylic acids is 1. The molecule has 1 N–H and O–H groups in total. The highest BCUT2D eigenvalue weighted by atomic mass is 127. The molecule has 1 heterocycles. The SMILES string of the molecule is O=C(Cn1c(CCl)nc2cc(I)c(F)cc21)NC1CC1. The van der Waals surface area contributed by atoms with E-state index in [2.05, 4.69) is 10.3 Å². The molecule has 0 bridgehead atoms. The number of benzene rings is 1. The number of amides is 1. The summed E-state index contributed by atoms with van der Waals surface area (Å²) in [6.07, 6.45) is 2.07. The average molecular weight is 408 g/mol. The number of carbonyl (C=O) groups is 1. The zero-order chi connectivity index (χ0) is 14.3. The largest absolute Gasteiger partial charge is 0.352 e. The third kappa shape index (κ3) is 2.76. The van der Waals surface area contributed by atoms with Gasteiger partial charge in [0.05, 0.1) is 20.5 Å². The van der Waals surface area contributed by atoms with Gasteiger partial charge in [-0.2, -0.15) is 0 Å². The molecule has 106 valence electrons. The van der Waals surface area contributed by atoms with Gasteiger partial charge >= 0.3 is 0 Å². The predicted octanol–water partition coefficient (Wildman–Crippen LogP) is 2.80. The van der Waals surface area contributed by atoms with E-state index < -0.39 is 0 Å². The van der Waals surface area contributed by atoms with Crippen LogP contribution >= 0.6 is 34.2 Å². The number of nitrogens with zero attached hydrogens (tertiary/aromatic N) is 2. The molecular formula is C13H12ClFIN3O. The van der Waals surface area contributed by atoms with Gasteiger partial charge in [0.1, 0.15) is 18.2 Å². The van der Waals surface area contributed by atoms with Crippen LogP contribution in [0.4, 0.5) is 4.39 Å². The number of nitrogens with one attached hydrogen (secondary N) is 1. The molecule has 4 nitrogen and oxygen atoms in total. The van der Waals surface area contributed by atoms with Crippen LogP contribution < -0.4 is 5.32 Å². The minimum absolute atomic E-state index is 0.0860. The van der Waals surface area contributed by atoms with E-state index in [9.17, 15) is 9.18 Å². The van der Waals surface area contributed by atoms with Crippen LogP contribution in [0.25, 0.3) is 11.0 Å². The van der Waals surface area contributed by atoms with Crippen LogP contribution in [0.2, 0.25) is 0 Å². The molecule has 0 unspecified atom stereocenters. The molecule has 0 spiro atoms. The van der Waals surface area contributed by atoms with Crippen LogP contribution in [0.1, 0.15) is 18.7 Å². The first-order valence-electron chi connectivity index (χ1n) is 6.28. The minimum atomic E-state index is -0.317. The summed E-state index contributed by atoms with van der Waals surface area (Å²) in [7, 11) is 0. The van der Waals surface area contributed by atoms with Gasteiger partial charge in [-0.15, -0.1) is 11.6 Å². The lowest BCUT2D eigenvalue weighted by Gasteiger charge is -2.08. The Kier molecular flexibility index (Phi) is 3.85. The Morgan fingerprint density at radius 1 is 1.55 bits per heavy atom. The molecule has 0 atom stereocenters. The van der Waals surface area contributed by atoms with E-state index in [1.54, 1.807) is 10.6 Å². The first kappa shape index (κ1) is 14.1. The Morgan fingerprint density at radius 3 is 2.95 bits per heavy atom. The fraction of sp³-hybridized carbons (Fsp3) is 0.385. The van der Waals surface area contributed by atoms with Crippen molar-refractivity contribution in [3.8, 4) is 0 Å². The van der Waals surface area contributed by atoms with E-state index in [0.717, 1.165) is 12.8 Å². The highest BCUT2D eigenvalue weighted by Crippen LogP contribution is 2.23. The highest BCUT2D eigenvalue weighted by Gasteiger charge is 2.24. The molecule has 7 heteroatoms. The number of hydrogen-bond acceptors (Lipinski definition) is 2. The fourth-order valence-electron chi connectivity index (χ4n) is 2.09. The number of alkyl halides is 1. The Balaban J connectivity index is 1.98. The van der Waals surface area contributed by atoms with E-state index in [0.29, 0.717) is 26.5 Å². The molecule has 1 aromatic carbocycles. The molecule has 1 aromatic heterocycles. The second-order valence-corrected chi connectivity index (χ2v) is 6.27. The van der Waals surface area contributed by atoms with Crippen LogP contribution in [-0.4, -0.2) is 21.5 Å². The quantitative estimate of drug-likeness (QED) is 0.626. The average Bonchev–Trinajstić information content (AvgIpc) is 3.15. The molecular weight excluding hydrogens is 396 g/mol. The van der Waals surface area contributed by atoms with E-state index in [1.807, 2.05) is 22.6 Å². The molecule has 20 heavy (non-hydrogen) atoms. The van der Waals surface area contributed by atoms with Crippen molar-refractivity contribution in [2.24, 2.45) is 0 Å². The van der Waals surface area contributed by atoms with Crippen molar-refractivity contribution in [3.05, 3.63) is 27.3 Å². The van der Waals surface area contributed by atoms with E-state index in [4.69, 9.17) is 11.6 Å². The third-order valence-corrected chi connectivity index (χ3v) is 4.30. The van der Waals surface area contributed by atoms with Gasteiger partial charge in [-0.25, -0.2) is 9.37 Å². The molecule has 0 radical (unpaired) electrons. The number of rotatable bonds is 4. The van der Waals surface area contributed by atoms with Crippen molar-refractivity contribution in [2.75, 3.05) is 0 Å². The molecule has 1 aliphatic rings. The molecule has 1 saturated carbocycles. The summed E-state index contributed by atoms with van der Waals surface area (Å²) in [5, 5.41) is 2.91. The summed E-state index contributed by atoms with van der Waals surface area (Å²) >= 11 is 7.79. The molecule has 1 amide bonds. The maximum atomic E-state index is 13.7. The summed E-state index contributed by atoms with van der Waals surface area (Å²) in [6.45, 7) is 0.120. The molecule has 1 aliphatic carbocycles. The lowest BCUT2D eigenvalue weighted by Crippen LogP contribution is -2.29. The number of hydrogen-bond donors (Lipinski definition) is 1. The minimum Gasteiger partial charge on any atom is -0.352 e. The van der Waals surface area contributed by atoms with Crippen LogP contribution in [0, 0.1) is 9.39 Å². The van der Waals surface area contributed by atoms with Gasteiger partial charge in [-0.3, -0.25) is 4.79 Å². The van der Waals surface area contributed by atoms with Crippen LogP contribution in [0.3, 0.4) is 0 Å². The van der Waals surface area contributed by atoms with Crippen molar-refractivity contribution >= 4 is 51.1 Å². The monoisotopic (exact) mass is 407 g/mol. The number of halogens is 3. The zero-order valence-electron chi connectivity index (χ0n) is 10.5. The van der Waals surface area contributed by atoms with Crippen molar-refractivity contribution < 1.29 is 9.18 Å². The zero-order valence-corrected chi connectivity index (χ0v) is 13.4. The van der Waals surface area contributed by atoms with Gasteiger partial charge < -0.3 is 9.88 Å². The second-order valence-electron chi connectivity index (χ2n) is 4.84. The number of imidazole rings is 1. The molecule has 0 saturated heterocycles. The topological polar surface area (TPSA) is 46.9 Å². The van der Waals surface area contributed by atoms with E-state index in [1.165, 1.54) is 6.07 Å². The summed E-state index contributed by atoms with van der Waals surface area (Å²) < 4.78 is 15.9. The van der Waals surface area contributed by atoms with Crippen molar-refractivity contribution in [1.29, 1.82) is 0 Å². The maximum absolute atomic E-state index is 13.7. The van der Waals surface area contributed by atoms with Crippen molar-refractivity contribution in [2.45, 2.75) is 31.3 Å². The molecule has 1 fully saturated rings. The van der Waals surface area contributed by atoms with Gasteiger partial charge in [0, 0.05) is 12.1 Å². The summed E-state index contributed by atoms with van der Waals surface area (Å²) in [5.41, 5.74) is 1.26. The highest BCUT2D eigenvalue weighted by molar-refractivity contribution is 14.1. The maximum Gasteiger partial charge on any atom is 0.240 e. The summed E-state index contributed by atoms with van der Waals surface area (Å²) in [4.78, 5) is 16.3. The summed E-state index contributed by atoms with van der Waals surface area (Å²) in [5.74, 6) is 0.359. The van der Waals surface area contributed by atoms with Crippen molar-refractivity contribution in [1.82, 2.24) is 14.9 Å². The van der Waals surface area contributed by atoms with Crippen molar-refractivity contribution in [3.63, 3.8) is 0 Å². The predicted molar refractivity (Wildman–Crippen MR) is 83.1 cm³/mol. The second kappa shape index (κ2) is 5.48. The van der Waals surface area contributed by atoms with Gasteiger partial charge in [-0.05, 0) is 41.5 Å². The number of fused-ring (bicyclic) bond motifs is 1. The molecule has 2 aromatic rings. The van der Waals surface area contributed by atoms with Gasteiger partial charge in [0.15, 0.2) is 0 Å². The lowest BCUT2D eigenvalue weighted by molar-refractivity contribution is -0.121. The third-order valence-electron chi connectivity index (χ3n) is 3.23. The van der Waals surface area contributed by atoms with E-state index in [-0.39, 0.29) is 24.1 Å². The first-order valence-corrected chi connectivity index (χ1v) is 7.89. The Bertz CT molecular complexity index is 684. The van der Waals surface area contributed by atoms with Crippen LogP contribution in [0.5, 0.6) is 0 Å². The Hall–Kier alpha value is -0.890. The van der Waals surface area contributed by atoms with Crippen LogP contribution in [-0.2, 0) is 17.2 Å². The Morgan fingerprint density at radius 2 is 2.30 bits per heavy atom. The smallest absolute Gasteiger partial charge is 0.240 e. The molecule has 3 rings (SSSR count). The normalized spacial score (nSPS) is 14.8. The number of aromatic nitrogens is 2. The summed E-state index contributed by atoms with van der Waals surface area (Å²) in [6, 6.07) is 3.37. The fourth-order valence-corrected chi connectivity index (χ4v) is 2.75. The standard InChI is InChI=1S/C13H12ClFIN3O/c14-5-12-18-10-4-9(16)8(15)3-11(10)19(12)6-13(20)17-7-1-2-7/h3-4,7H,1-2,5-6H2,(H,17,20). The van der Waals surface area contributed by atoms with Crippen LogP contribution in [0.15, 0.2) is 12.1 Å². The first-order chi connectivity index (χ1) is 9.58. The van der Waals surface area contributed by atoms with Gasteiger partial charge in [0.25, 0.3) is 0 Å². The Labute approximate surface area is 133 Å². The lowest BCUT2D eigenvalue weighted by atomic mass is 10.3. The van der Waals surface area contributed by atoms with E-state index >= 15 is 0 Å². The van der Waals surface area contributed by atoms with Gasteiger partial charge in [-0.1, -0.05) is 0 Å². The van der Waals surface area contributed by atoms with Gasteiger partial charge in [0.2, 0.25) is 5.91 Å². The molecule has 0 aliphatic heterocycles.